The summed E-state index contributed by atoms with van der Waals surface area (Å²) in [4.78, 5) is 23.2. The molecule has 1 unspecified atom stereocenters. The van der Waals surface area contributed by atoms with Gasteiger partial charge in [0.05, 0.1) is 11.4 Å². The van der Waals surface area contributed by atoms with Gasteiger partial charge < -0.3 is 11.1 Å². The van der Waals surface area contributed by atoms with E-state index < -0.39 is 13.2 Å². The van der Waals surface area contributed by atoms with Gasteiger partial charge in [-0.25, -0.2) is 0 Å². The first-order chi connectivity index (χ1) is 13.5. The van der Waals surface area contributed by atoms with E-state index in [4.69, 9.17) is 5.73 Å². The number of carbonyl (C=O) groups is 1. The Hall–Kier alpha value is -2.53. The number of nitrogens with two attached hydrogens (primary N) is 1. The molecule has 1 atom stereocenters. The summed E-state index contributed by atoms with van der Waals surface area (Å²) in [6.45, 7) is 0. The molecule has 4 rings (SSSR count). The van der Waals surface area contributed by atoms with Gasteiger partial charge in [0.2, 0.25) is 5.16 Å². The predicted octanol–water partition coefficient (Wildman–Crippen LogP) is 5.06. The first-order valence-electron chi connectivity index (χ1n) is 8.97. The van der Waals surface area contributed by atoms with Gasteiger partial charge in [-0.1, -0.05) is 24.3 Å². The van der Waals surface area contributed by atoms with Gasteiger partial charge in [0.15, 0.2) is 0 Å². The molecule has 1 aliphatic carbocycles. The van der Waals surface area contributed by atoms with Crippen LogP contribution in [0.3, 0.4) is 0 Å². The zero-order chi connectivity index (χ0) is 19.7. The Labute approximate surface area is 168 Å². The lowest BCUT2D eigenvalue weighted by Crippen LogP contribution is -2.13. The van der Waals surface area contributed by atoms with Gasteiger partial charge in [0.1, 0.15) is 0 Å². The summed E-state index contributed by atoms with van der Waals surface area (Å²) in [6.07, 6.45) is 2.12. The van der Waals surface area contributed by atoms with Crippen LogP contribution < -0.4 is 11.1 Å². The number of nitrogen functional groups attached to an aromatic ring is 1. The molecule has 4 N–H and O–H groups in total. The highest BCUT2D eigenvalue weighted by atomic mass is 32.1. The first kappa shape index (κ1) is 18.8. The monoisotopic (exact) mass is 411 g/mol. The number of nitrogens with one attached hydrogen (secondary N) is 1. The topological polar surface area (TPSA) is 92.4 Å². The van der Waals surface area contributed by atoms with Crippen molar-refractivity contribution in [3.05, 3.63) is 71.1 Å². The van der Waals surface area contributed by atoms with Crippen LogP contribution in [0.1, 0.15) is 28.8 Å². The summed E-state index contributed by atoms with van der Waals surface area (Å²) in [5, 5.41) is 4.42. The zero-order valence-corrected chi connectivity index (χ0v) is 16.8. The molecule has 0 radical (unpaired) electrons. The van der Waals surface area contributed by atoms with Crippen molar-refractivity contribution < 1.29 is 14.3 Å². The van der Waals surface area contributed by atoms with Gasteiger partial charge in [-0.15, -0.1) is 11.3 Å². The van der Waals surface area contributed by atoms with Crippen molar-refractivity contribution in [2.75, 3.05) is 11.1 Å². The molecule has 2 aromatic carbocycles. The maximum atomic E-state index is 12.6. The van der Waals surface area contributed by atoms with E-state index in [9.17, 15) is 14.3 Å². The van der Waals surface area contributed by atoms with Gasteiger partial charge in [0.25, 0.3) is 5.91 Å². The Morgan fingerprint density at radius 3 is 2.54 bits per heavy atom. The number of rotatable bonds is 6. The molecule has 0 aliphatic heterocycles. The highest BCUT2D eigenvalue weighted by molar-refractivity contribution is 7.40. The van der Waals surface area contributed by atoms with Crippen LogP contribution in [0.2, 0.25) is 0 Å². The largest absolute Gasteiger partial charge is 0.512 e. The van der Waals surface area contributed by atoms with E-state index in [1.54, 1.807) is 29.5 Å². The molecule has 5 nitrogen and oxygen atoms in total. The highest BCUT2D eigenvalue weighted by Gasteiger charge is 2.60. The Morgan fingerprint density at radius 2 is 1.93 bits per heavy atom. The standard InChI is InChI=1S/C21H19N2O3PS/c22-17-8-7-16(19-2-1-11-28-19)12-18(17)23-20(24)15-5-3-14(4-6-15)13-21(9-10-21)27(25)26/h1-8,11-12H,9-10,13,22H2,(H-,23,24,25,26)/p+1. The van der Waals surface area contributed by atoms with Gasteiger partial charge in [-0.05, 0) is 51.4 Å². The zero-order valence-electron chi connectivity index (χ0n) is 15.1. The van der Waals surface area contributed by atoms with Crippen molar-refractivity contribution in [3.63, 3.8) is 0 Å². The maximum absolute atomic E-state index is 12.6. The lowest BCUT2D eigenvalue weighted by molar-refractivity contribution is 0.102. The van der Waals surface area contributed by atoms with Crippen LogP contribution in [0, 0.1) is 0 Å². The molecule has 142 valence electrons. The molecule has 0 spiro atoms. The van der Waals surface area contributed by atoms with Gasteiger partial charge in [-0.3, -0.25) is 4.79 Å². The van der Waals surface area contributed by atoms with Gasteiger partial charge in [0, 0.05) is 29.7 Å². The minimum Gasteiger partial charge on any atom is -0.397 e. The van der Waals surface area contributed by atoms with E-state index in [2.05, 4.69) is 5.32 Å². The number of hydrogen-bond donors (Lipinski definition) is 3. The van der Waals surface area contributed by atoms with E-state index in [1.807, 2.05) is 41.8 Å². The molecule has 1 amide bonds. The van der Waals surface area contributed by atoms with E-state index >= 15 is 0 Å². The van der Waals surface area contributed by atoms with Crippen LogP contribution in [-0.2, 0) is 11.0 Å². The summed E-state index contributed by atoms with van der Waals surface area (Å²) in [5.41, 5.74) is 9.60. The fourth-order valence-electron chi connectivity index (χ4n) is 3.19. The number of hydrogen-bond acceptors (Lipinski definition) is 4. The number of anilines is 2. The lowest BCUT2D eigenvalue weighted by atomic mass is 10.1. The second kappa shape index (κ2) is 7.47. The quantitative estimate of drug-likeness (QED) is 0.390. The maximum Gasteiger partial charge on any atom is 0.512 e. The molecular formula is C21H20N2O3PS+. The van der Waals surface area contributed by atoms with Crippen LogP contribution in [0.4, 0.5) is 11.4 Å². The Kier molecular flexibility index (Phi) is 5.02. The van der Waals surface area contributed by atoms with Crippen LogP contribution in [0.25, 0.3) is 10.4 Å². The van der Waals surface area contributed by atoms with Gasteiger partial charge >= 0.3 is 8.03 Å². The van der Waals surface area contributed by atoms with Crippen molar-refractivity contribution in [2.45, 2.75) is 24.4 Å². The smallest absolute Gasteiger partial charge is 0.397 e. The molecule has 7 heteroatoms. The summed E-state index contributed by atoms with van der Waals surface area (Å²) in [6, 6.07) is 16.8. The number of carbonyl (C=O) groups excluding carboxylic acids is 1. The number of benzene rings is 2. The molecule has 1 aromatic heterocycles. The Morgan fingerprint density at radius 1 is 1.18 bits per heavy atom. The Bertz CT molecular complexity index is 1030. The average Bonchev–Trinajstić information content (AvgIpc) is 3.26. The molecule has 28 heavy (non-hydrogen) atoms. The first-order valence-corrected chi connectivity index (χ1v) is 11.1. The lowest BCUT2D eigenvalue weighted by Gasteiger charge is -2.10. The fourth-order valence-corrected chi connectivity index (χ4v) is 4.73. The average molecular weight is 411 g/mol. The summed E-state index contributed by atoms with van der Waals surface area (Å²) in [5.74, 6) is -0.240. The van der Waals surface area contributed by atoms with E-state index in [0.717, 1.165) is 28.8 Å². The van der Waals surface area contributed by atoms with Crippen LogP contribution in [0.5, 0.6) is 0 Å². The molecule has 1 aliphatic rings. The predicted molar refractivity (Wildman–Crippen MR) is 114 cm³/mol. The van der Waals surface area contributed by atoms with Crippen molar-refractivity contribution in [1.29, 1.82) is 0 Å². The third-order valence-corrected chi connectivity index (χ3v) is 7.43. The van der Waals surface area contributed by atoms with Crippen molar-refractivity contribution in [2.24, 2.45) is 0 Å². The van der Waals surface area contributed by atoms with Crippen LogP contribution in [-0.4, -0.2) is 16.0 Å². The molecule has 3 aromatic rings. The molecule has 0 bridgehead atoms. The normalized spacial score (nSPS) is 15.1. The Balaban J connectivity index is 1.48. The highest BCUT2D eigenvalue weighted by Crippen LogP contribution is 2.56. The van der Waals surface area contributed by atoms with Gasteiger partial charge in [-0.2, -0.15) is 4.89 Å². The molecule has 1 fully saturated rings. The van der Waals surface area contributed by atoms with Crippen molar-refractivity contribution >= 4 is 36.6 Å². The minimum absolute atomic E-state index is 0.240. The molecule has 1 heterocycles. The second-order valence-electron chi connectivity index (χ2n) is 7.10. The summed E-state index contributed by atoms with van der Waals surface area (Å²) in [7, 11) is -2.17. The number of amides is 1. The van der Waals surface area contributed by atoms with E-state index in [0.29, 0.717) is 23.4 Å². The summed E-state index contributed by atoms with van der Waals surface area (Å²) < 4.78 is 11.5. The van der Waals surface area contributed by atoms with E-state index in [1.165, 1.54) is 0 Å². The third-order valence-electron chi connectivity index (χ3n) is 5.09. The molecule has 0 saturated heterocycles. The van der Waals surface area contributed by atoms with Crippen LogP contribution >= 0.6 is 19.4 Å². The number of thiophene rings is 1. The SMILES string of the molecule is Nc1ccc(-c2cccs2)cc1NC(=O)c1ccc(CC2([P+](=O)O)CC2)cc1. The molecule has 1 saturated carbocycles. The third kappa shape index (κ3) is 3.85. The molecular weight excluding hydrogens is 391 g/mol. The van der Waals surface area contributed by atoms with Crippen molar-refractivity contribution in [1.82, 2.24) is 0 Å². The summed E-state index contributed by atoms with van der Waals surface area (Å²) >= 11 is 1.63. The fraction of sp³-hybridized carbons (Fsp3) is 0.190. The van der Waals surface area contributed by atoms with Crippen molar-refractivity contribution in [3.8, 4) is 10.4 Å². The van der Waals surface area contributed by atoms with E-state index in [-0.39, 0.29) is 5.91 Å². The minimum atomic E-state index is -2.17. The van der Waals surface area contributed by atoms with Crippen LogP contribution in [0.15, 0.2) is 60.0 Å². The second-order valence-corrected chi connectivity index (χ2v) is 9.55.